The lowest BCUT2D eigenvalue weighted by molar-refractivity contribution is 0.967. The van der Waals surface area contributed by atoms with Gasteiger partial charge in [-0.2, -0.15) is 0 Å². The zero-order valence-corrected chi connectivity index (χ0v) is 6.96. The van der Waals surface area contributed by atoms with Crippen LogP contribution >= 0.6 is 7.92 Å². The average molecular weight is 131 g/mol. The minimum absolute atomic E-state index is 0.348. The second-order valence-electron chi connectivity index (χ2n) is 2.26. The monoisotopic (exact) mass is 131 g/mol. The summed E-state index contributed by atoms with van der Waals surface area (Å²) < 4.78 is 0. The van der Waals surface area contributed by atoms with Crippen LogP contribution in [0.2, 0.25) is 0 Å². The minimum Gasteiger partial charge on any atom is -0.327 e. The van der Waals surface area contributed by atoms with E-state index in [1.807, 2.05) is 7.05 Å². The third kappa shape index (κ3) is 6.45. The molecular weight excluding hydrogens is 116 g/mol. The van der Waals surface area contributed by atoms with Gasteiger partial charge in [-0.1, -0.05) is 6.06 Å². The molecule has 0 aromatic carbocycles. The molecule has 0 rings (SSSR count). The van der Waals surface area contributed by atoms with Gasteiger partial charge in [-0.3, -0.25) is 0 Å². The van der Waals surface area contributed by atoms with Crippen molar-refractivity contribution in [2.24, 2.45) is 0 Å². The van der Waals surface area contributed by atoms with Gasteiger partial charge >= 0.3 is 0 Å². The van der Waals surface area contributed by atoms with E-state index >= 15 is 0 Å². The lowest BCUT2D eigenvalue weighted by Crippen LogP contribution is -2.17. The Balaban J connectivity index is 2.72. The van der Waals surface area contributed by atoms with Crippen molar-refractivity contribution in [2.45, 2.75) is 0 Å². The zero-order valence-electron chi connectivity index (χ0n) is 6.07. The van der Waals surface area contributed by atoms with Gasteiger partial charge < -0.3 is 5.32 Å². The number of hydrogen-bond acceptors (Lipinski definition) is 1. The molecule has 48 valence electrons. The molecule has 0 aliphatic carbocycles. The first kappa shape index (κ1) is 8.45. The van der Waals surface area contributed by atoms with Gasteiger partial charge in [0.05, 0.1) is 0 Å². The van der Waals surface area contributed by atoms with E-state index in [2.05, 4.69) is 18.6 Å². The lowest BCUT2D eigenvalue weighted by Gasteiger charge is -2.01. The summed E-state index contributed by atoms with van der Waals surface area (Å²) in [6, 6.07) is 1.41. The van der Waals surface area contributed by atoms with Crippen LogP contribution in [0.15, 0.2) is 0 Å². The summed E-state index contributed by atoms with van der Waals surface area (Å²) in [5.41, 5.74) is 0. The van der Waals surface area contributed by atoms with Gasteiger partial charge in [0, 0.05) is 0 Å². The van der Waals surface area contributed by atoms with Crippen molar-refractivity contribution < 1.29 is 0 Å². The second-order valence-corrected chi connectivity index (χ2v) is 4.87. The minimum atomic E-state index is 0.348. The molecule has 0 fully saturated rings. The highest BCUT2D eigenvalue weighted by molar-refractivity contribution is 7.57. The molecule has 3 heteroatoms. The molecule has 0 radical (unpaired) electrons. The van der Waals surface area contributed by atoms with Gasteiger partial charge in [-0.15, -0.1) is 7.92 Å². The molecule has 1 N–H and O–H groups in total. The maximum absolute atomic E-state index is 3.13. The lowest BCUT2D eigenvalue weighted by atomic mass is 9.82. The largest absolute Gasteiger partial charge is 0.327 e. The number of rotatable bonds is 4. The van der Waals surface area contributed by atoms with Crippen LogP contribution in [-0.4, -0.2) is 40.2 Å². The summed E-state index contributed by atoms with van der Waals surface area (Å²) in [6.45, 7) is 4.65. The highest BCUT2D eigenvalue weighted by Crippen LogP contribution is 2.21. The van der Waals surface area contributed by atoms with Gasteiger partial charge in [0.25, 0.3) is 0 Å². The molecule has 0 atom stereocenters. The molecule has 0 spiro atoms. The standard InChI is InChI=1S/C5H15BNP/c1-7-4-6-5-8(2)3/h6-7H,4-5H2,1-3H3. The third-order valence-electron chi connectivity index (χ3n) is 1.03. The molecule has 1 nitrogen and oxygen atoms in total. The summed E-state index contributed by atoms with van der Waals surface area (Å²) in [5, 5.41) is 3.13. The third-order valence-corrected chi connectivity index (χ3v) is 2.24. The molecule has 0 unspecified atom stereocenters. The van der Waals surface area contributed by atoms with E-state index in [-0.39, 0.29) is 0 Å². The van der Waals surface area contributed by atoms with Crippen molar-refractivity contribution in [2.75, 3.05) is 32.9 Å². The predicted molar refractivity (Wildman–Crippen MR) is 44.7 cm³/mol. The Morgan fingerprint density at radius 2 is 2.12 bits per heavy atom. The van der Waals surface area contributed by atoms with Gasteiger partial charge in [0.1, 0.15) is 7.28 Å². The Kier molecular flexibility index (Phi) is 5.91. The predicted octanol–water partition coefficient (Wildman–Crippen LogP) is 0.299. The Morgan fingerprint density at radius 1 is 1.50 bits per heavy atom. The van der Waals surface area contributed by atoms with Crippen LogP contribution in [0, 0.1) is 0 Å². The first-order valence-corrected chi connectivity index (χ1v) is 5.49. The maximum Gasteiger partial charge on any atom is 0.142 e. The molecule has 0 saturated heterocycles. The molecule has 0 saturated carbocycles. The van der Waals surface area contributed by atoms with Crippen molar-refractivity contribution in [3.05, 3.63) is 0 Å². The Hall–Kier alpha value is 0.455. The van der Waals surface area contributed by atoms with Gasteiger partial charge in [0.2, 0.25) is 0 Å². The van der Waals surface area contributed by atoms with E-state index in [1.165, 1.54) is 19.8 Å². The van der Waals surface area contributed by atoms with Crippen molar-refractivity contribution >= 4 is 15.2 Å². The summed E-state index contributed by atoms with van der Waals surface area (Å²) >= 11 is 0. The van der Waals surface area contributed by atoms with E-state index in [0.29, 0.717) is 7.92 Å². The van der Waals surface area contributed by atoms with E-state index in [1.54, 1.807) is 0 Å². The molecule has 8 heavy (non-hydrogen) atoms. The molecular formula is C5H15BNP. The smallest absolute Gasteiger partial charge is 0.142 e. The topological polar surface area (TPSA) is 12.0 Å². The first-order chi connectivity index (χ1) is 3.77. The summed E-state index contributed by atoms with van der Waals surface area (Å²) in [7, 11) is 3.70. The normalized spacial score (nSPS) is 10.0. The van der Waals surface area contributed by atoms with Crippen LogP contribution < -0.4 is 5.32 Å². The van der Waals surface area contributed by atoms with E-state index in [4.69, 9.17) is 0 Å². The highest BCUT2D eigenvalue weighted by atomic mass is 31.1. The van der Waals surface area contributed by atoms with Crippen LogP contribution in [0.4, 0.5) is 0 Å². The summed E-state index contributed by atoms with van der Waals surface area (Å²) in [4.78, 5) is 0. The SMILES string of the molecule is CNCBCP(C)C. The van der Waals surface area contributed by atoms with Crippen LogP contribution in [-0.2, 0) is 0 Å². The fraction of sp³-hybridized carbons (Fsp3) is 1.00. The fourth-order valence-corrected chi connectivity index (χ4v) is 1.36. The molecule has 0 aliphatic heterocycles. The van der Waals surface area contributed by atoms with Gasteiger partial charge in [-0.25, -0.2) is 0 Å². The Labute approximate surface area is 54.2 Å². The van der Waals surface area contributed by atoms with Crippen LogP contribution in [0.25, 0.3) is 0 Å². The second kappa shape index (κ2) is 5.59. The fourth-order valence-electron chi connectivity index (χ4n) is 0.572. The molecule has 0 heterocycles. The molecule has 0 aromatic rings. The Morgan fingerprint density at radius 3 is 2.50 bits per heavy atom. The van der Waals surface area contributed by atoms with E-state index < -0.39 is 0 Å². The average Bonchev–Trinajstić information content (AvgIpc) is 1.66. The van der Waals surface area contributed by atoms with Gasteiger partial charge in [-0.05, 0) is 26.8 Å². The van der Waals surface area contributed by atoms with Gasteiger partial charge in [0.15, 0.2) is 0 Å². The van der Waals surface area contributed by atoms with Crippen molar-refractivity contribution in [1.29, 1.82) is 0 Å². The first-order valence-electron chi connectivity index (χ1n) is 3.06. The molecule has 0 bridgehead atoms. The van der Waals surface area contributed by atoms with Crippen molar-refractivity contribution in [3.8, 4) is 0 Å². The van der Waals surface area contributed by atoms with E-state index in [0.717, 1.165) is 0 Å². The van der Waals surface area contributed by atoms with Crippen molar-refractivity contribution in [3.63, 3.8) is 0 Å². The van der Waals surface area contributed by atoms with Crippen LogP contribution in [0.1, 0.15) is 0 Å². The number of hydrogen-bond donors (Lipinski definition) is 1. The highest BCUT2D eigenvalue weighted by Gasteiger charge is 1.91. The zero-order chi connectivity index (χ0) is 6.41. The molecule has 0 aliphatic rings. The van der Waals surface area contributed by atoms with Crippen molar-refractivity contribution in [1.82, 2.24) is 5.32 Å². The quantitative estimate of drug-likeness (QED) is 0.328. The molecule has 0 aromatic heterocycles. The molecule has 0 amide bonds. The number of nitrogens with one attached hydrogen (secondary N) is 1. The maximum atomic E-state index is 3.13. The Bertz CT molecular complexity index is 49.7. The van der Waals surface area contributed by atoms with E-state index in [9.17, 15) is 0 Å². The summed E-state index contributed by atoms with van der Waals surface area (Å²) in [5.74, 6) is 0. The van der Waals surface area contributed by atoms with Crippen LogP contribution in [0.3, 0.4) is 0 Å². The summed E-state index contributed by atoms with van der Waals surface area (Å²) in [6.07, 6.45) is 1.18. The van der Waals surface area contributed by atoms with Crippen LogP contribution in [0.5, 0.6) is 0 Å².